The number of fused-ring (bicyclic) bond motifs is 1. The van der Waals surface area contributed by atoms with Gasteiger partial charge in [0.25, 0.3) is 0 Å². The Balaban J connectivity index is 1.54. The van der Waals surface area contributed by atoms with Gasteiger partial charge < -0.3 is 9.47 Å². The highest BCUT2D eigenvalue weighted by Crippen LogP contribution is 2.51. The summed E-state index contributed by atoms with van der Waals surface area (Å²) in [4.78, 5) is 0. The van der Waals surface area contributed by atoms with Gasteiger partial charge in [0.05, 0.1) is 17.8 Å². The molecule has 5 unspecified atom stereocenters. The summed E-state index contributed by atoms with van der Waals surface area (Å²) in [5, 5.41) is 0. The van der Waals surface area contributed by atoms with Gasteiger partial charge in [-0.05, 0) is 64.2 Å². The first-order valence-electron chi connectivity index (χ1n) is 6.97. The Morgan fingerprint density at radius 2 is 2.12 bits per heavy atom. The SMILES string of the molecule is CC1OCCCC1CC1CCC2OC2(C)C1. The summed E-state index contributed by atoms with van der Waals surface area (Å²) >= 11 is 0. The number of hydrogen-bond donors (Lipinski definition) is 0. The van der Waals surface area contributed by atoms with Gasteiger partial charge in [0.2, 0.25) is 0 Å². The average molecular weight is 224 g/mol. The molecule has 3 aliphatic rings. The van der Waals surface area contributed by atoms with E-state index >= 15 is 0 Å². The number of epoxide rings is 1. The van der Waals surface area contributed by atoms with Crippen LogP contribution >= 0.6 is 0 Å². The van der Waals surface area contributed by atoms with Crippen LogP contribution in [0.1, 0.15) is 52.4 Å². The van der Waals surface area contributed by atoms with Crippen LogP contribution in [0.3, 0.4) is 0 Å². The van der Waals surface area contributed by atoms with E-state index in [1.54, 1.807) is 0 Å². The maximum atomic E-state index is 5.78. The zero-order valence-electron chi connectivity index (χ0n) is 10.6. The van der Waals surface area contributed by atoms with Crippen LogP contribution in [0.25, 0.3) is 0 Å². The van der Waals surface area contributed by atoms with E-state index in [1.807, 2.05) is 0 Å². The molecule has 3 rings (SSSR count). The Bertz CT molecular complexity index is 265. The monoisotopic (exact) mass is 224 g/mol. The summed E-state index contributed by atoms with van der Waals surface area (Å²) < 4.78 is 11.5. The molecule has 0 aromatic carbocycles. The summed E-state index contributed by atoms with van der Waals surface area (Å²) in [7, 11) is 0. The maximum absolute atomic E-state index is 5.78. The molecule has 0 aromatic rings. The lowest BCUT2D eigenvalue weighted by atomic mass is 9.76. The van der Waals surface area contributed by atoms with Crippen LogP contribution in [0, 0.1) is 11.8 Å². The van der Waals surface area contributed by atoms with Gasteiger partial charge in [-0.3, -0.25) is 0 Å². The molecule has 0 spiro atoms. The van der Waals surface area contributed by atoms with Crippen LogP contribution in [-0.4, -0.2) is 24.4 Å². The van der Waals surface area contributed by atoms with Gasteiger partial charge in [0.1, 0.15) is 0 Å². The van der Waals surface area contributed by atoms with E-state index in [2.05, 4.69) is 13.8 Å². The summed E-state index contributed by atoms with van der Waals surface area (Å²) in [5.41, 5.74) is 0.266. The van der Waals surface area contributed by atoms with Gasteiger partial charge in [0.15, 0.2) is 0 Å². The molecule has 2 saturated heterocycles. The molecular formula is C14H24O2. The van der Waals surface area contributed by atoms with Crippen molar-refractivity contribution in [2.45, 2.75) is 70.2 Å². The number of hydrogen-bond acceptors (Lipinski definition) is 2. The van der Waals surface area contributed by atoms with Crippen molar-refractivity contribution in [3.63, 3.8) is 0 Å². The minimum absolute atomic E-state index is 0.266. The van der Waals surface area contributed by atoms with Crippen molar-refractivity contribution in [2.24, 2.45) is 11.8 Å². The number of ether oxygens (including phenoxy) is 2. The molecule has 0 amide bonds. The van der Waals surface area contributed by atoms with E-state index in [4.69, 9.17) is 9.47 Å². The Labute approximate surface area is 98.7 Å². The average Bonchev–Trinajstić information content (AvgIpc) is 2.92. The van der Waals surface area contributed by atoms with E-state index in [-0.39, 0.29) is 5.60 Å². The quantitative estimate of drug-likeness (QED) is 0.672. The summed E-state index contributed by atoms with van der Waals surface area (Å²) in [6, 6.07) is 0. The standard InChI is InChI=1S/C14H24O2/c1-10-12(4-3-7-15-10)8-11-5-6-13-14(2,9-11)16-13/h10-13H,3-9H2,1-2H3. The highest BCUT2D eigenvalue weighted by molar-refractivity contribution is 5.03. The van der Waals surface area contributed by atoms with Crippen molar-refractivity contribution in [1.82, 2.24) is 0 Å². The lowest BCUT2D eigenvalue weighted by Crippen LogP contribution is -2.31. The topological polar surface area (TPSA) is 21.8 Å². The lowest BCUT2D eigenvalue weighted by Gasteiger charge is -2.33. The molecule has 0 bridgehead atoms. The first kappa shape index (κ1) is 11.0. The van der Waals surface area contributed by atoms with Crippen LogP contribution in [-0.2, 0) is 9.47 Å². The highest BCUT2D eigenvalue weighted by atomic mass is 16.6. The van der Waals surface area contributed by atoms with E-state index in [9.17, 15) is 0 Å². The molecule has 2 heterocycles. The maximum Gasteiger partial charge on any atom is 0.0923 e. The fourth-order valence-electron chi connectivity index (χ4n) is 3.82. The molecule has 0 radical (unpaired) electrons. The minimum atomic E-state index is 0.266. The van der Waals surface area contributed by atoms with Crippen molar-refractivity contribution < 1.29 is 9.47 Å². The van der Waals surface area contributed by atoms with E-state index in [0.717, 1.165) is 18.4 Å². The molecule has 1 aliphatic carbocycles. The minimum Gasteiger partial charge on any atom is -0.378 e. The van der Waals surface area contributed by atoms with Gasteiger partial charge in [-0.15, -0.1) is 0 Å². The summed E-state index contributed by atoms with van der Waals surface area (Å²) in [6.45, 7) is 5.53. The van der Waals surface area contributed by atoms with Gasteiger partial charge in [-0.25, -0.2) is 0 Å². The zero-order valence-corrected chi connectivity index (χ0v) is 10.6. The largest absolute Gasteiger partial charge is 0.378 e. The molecule has 5 atom stereocenters. The fraction of sp³-hybridized carbons (Fsp3) is 1.00. The molecule has 0 N–H and O–H groups in total. The predicted octanol–water partition coefficient (Wildman–Crippen LogP) is 3.15. The first-order chi connectivity index (χ1) is 7.67. The smallest absolute Gasteiger partial charge is 0.0923 e. The van der Waals surface area contributed by atoms with Crippen molar-refractivity contribution >= 4 is 0 Å². The normalized spacial score (nSPS) is 52.1. The molecule has 2 aliphatic heterocycles. The van der Waals surface area contributed by atoms with E-state index in [0.29, 0.717) is 12.2 Å². The zero-order chi connectivity index (χ0) is 11.2. The van der Waals surface area contributed by atoms with Crippen LogP contribution in [0.15, 0.2) is 0 Å². The Morgan fingerprint density at radius 3 is 2.88 bits per heavy atom. The van der Waals surface area contributed by atoms with Crippen LogP contribution < -0.4 is 0 Å². The molecule has 2 heteroatoms. The first-order valence-corrected chi connectivity index (χ1v) is 6.97. The van der Waals surface area contributed by atoms with Gasteiger partial charge in [0, 0.05) is 6.61 Å². The number of rotatable bonds is 2. The van der Waals surface area contributed by atoms with Crippen LogP contribution in [0.4, 0.5) is 0 Å². The second kappa shape index (κ2) is 3.99. The third-order valence-electron chi connectivity index (χ3n) is 4.97. The lowest BCUT2D eigenvalue weighted by molar-refractivity contribution is -0.0242. The third kappa shape index (κ3) is 2.02. The molecule has 2 nitrogen and oxygen atoms in total. The second-order valence-corrected chi connectivity index (χ2v) is 6.28. The van der Waals surface area contributed by atoms with Crippen molar-refractivity contribution in [1.29, 1.82) is 0 Å². The Kier molecular flexibility index (Phi) is 2.75. The van der Waals surface area contributed by atoms with E-state index in [1.165, 1.54) is 38.5 Å². The molecule has 3 fully saturated rings. The van der Waals surface area contributed by atoms with Crippen molar-refractivity contribution in [3.8, 4) is 0 Å². The van der Waals surface area contributed by atoms with Gasteiger partial charge in [-0.1, -0.05) is 0 Å². The van der Waals surface area contributed by atoms with Crippen LogP contribution in [0.2, 0.25) is 0 Å². The second-order valence-electron chi connectivity index (χ2n) is 6.28. The molecule has 0 aromatic heterocycles. The molecular weight excluding hydrogens is 200 g/mol. The van der Waals surface area contributed by atoms with Crippen molar-refractivity contribution in [3.05, 3.63) is 0 Å². The summed E-state index contributed by atoms with van der Waals surface area (Å²) in [5.74, 6) is 1.69. The predicted molar refractivity (Wildman–Crippen MR) is 63.4 cm³/mol. The van der Waals surface area contributed by atoms with Crippen LogP contribution in [0.5, 0.6) is 0 Å². The Hall–Kier alpha value is -0.0800. The molecule has 1 saturated carbocycles. The molecule has 16 heavy (non-hydrogen) atoms. The van der Waals surface area contributed by atoms with Crippen molar-refractivity contribution in [2.75, 3.05) is 6.61 Å². The van der Waals surface area contributed by atoms with Gasteiger partial charge >= 0.3 is 0 Å². The van der Waals surface area contributed by atoms with E-state index < -0.39 is 0 Å². The fourth-order valence-corrected chi connectivity index (χ4v) is 3.82. The highest BCUT2D eigenvalue weighted by Gasteiger charge is 2.55. The summed E-state index contributed by atoms with van der Waals surface area (Å²) in [6.07, 6.45) is 9.06. The Morgan fingerprint density at radius 1 is 1.25 bits per heavy atom. The molecule has 92 valence electrons. The third-order valence-corrected chi connectivity index (χ3v) is 4.97. The van der Waals surface area contributed by atoms with Gasteiger partial charge in [-0.2, -0.15) is 0 Å².